The fourth-order valence-electron chi connectivity index (χ4n) is 1.84. The summed E-state index contributed by atoms with van der Waals surface area (Å²) in [6.45, 7) is 2.56. The summed E-state index contributed by atoms with van der Waals surface area (Å²) in [6.07, 6.45) is 2.36. The van der Waals surface area contributed by atoms with Crippen LogP contribution in [0.25, 0.3) is 0 Å². The fraction of sp³-hybridized carbons (Fsp3) is 0.600. The summed E-state index contributed by atoms with van der Waals surface area (Å²) >= 11 is 0. The van der Waals surface area contributed by atoms with Crippen molar-refractivity contribution in [3.8, 4) is 0 Å². The number of aromatic nitrogens is 2. The van der Waals surface area contributed by atoms with E-state index in [1.807, 2.05) is 6.92 Å². The first kappa shape index (κ1) is 11.1. The Bertz CT molecular complexity index is 350. The van der Waals surface area contributed by atoms with Gasteiger partial charge in [-0.2, -0.15) is 5.10 Å². The lowest BCUT2D eigenvalue weighted by Crippen LogP contribution is -2.64. The van der Waals surface area contributed by atoms with Gasteiger partial charge in [0.15, 0.2) is 0 Å². The number of H-pyrrole nitrogens is 1. The number of ether oxygens (including phenoxy) is 1. The molecule has 3 atom stereocenters. The van der Waals surface area contributed by atoms with Gasteiger partial charge in [-0.15, -0.1) is 0 Å². The van der Waals surface area contributed by atoms with E-state index < -0.39 is 0 Å². The number of nitrogens with zero attached hydrogens (tertiary/aromatic N) is 1. The van der Waals surface area contributed by atoms with Gasteiger partial charge in [0.05, 0.1) is 12.1 Å². The van der Waals surface area contributed by atoms with E-state index in [0.717, 1.165) is 6.42 Å². The highest BCUT2D eigenvalue weighted by atomic mass is 16.5. The molecule has 1 saturated carbocycles. The first-order chi connectivity index (χ1) is 7.72. The molecule has 6 nitrogen and oxygen atoms in total. The summed E-state index contributed by atoms with van der Waals surface area (Å²) in [4.78, 5) is 11.7. The van der Waals surface area contributed by atoms with Crippen LogP contribution in [-0.2, 0) is 4.74 Å². The summed E-state index contributed by atoms with van der Waals surface area (Å²) in [5.74, 6) is -0.192. The molecule has 3 unspecified atom stereocenters. The van der Waals surface area contributed by atoms with Crippen molar-refractivity contribution in [1.29, 1.82) is 0 Å². The minimum atomic E-state index is -0.192. The van der Waals surface area contributed by atoms with E-state index in [1.165, 1.54) is 6.20 Å². The third-order valence-electron chi connectivity index (χ3n) is 2.79. The van der Waals surface area contributed by atoms with Gasteiger partial charge in [0.1, 0.15) is 5.69 Å². The van der Waals surface area contributed by atoms with Crippen molar-refractivity contribution < 1.29 is 9.53 Å². The second-order valence-electron chi connectivity index (χ2n) is 3.86. The van der Waals surface area contributed by atoms with Crippen LogP contribution >= 0.6 is 0 Å². The summed E-state index contributed by atoms with van der Waals surface area (Å²) in [6, 6.07) is 1.49. The van der Waals surface area contributed by atoms with Crippen molar-refractivity contribution in [2.24, 2.45) is 5.73 Å². The Hall–Kier alpha value is -1.40. The van der Waals surface area contributed by atoms with Gasteiger partial charge in [0.2, 0.25) is 0 Å². The molecule has 0 bridgehead atoms. The molecule has 0 saturated heterocycles. The van der Waals surface area contributed by atoms with Crippen LogP contribution in [0.15, 0.2) is 12.3 Å². The third-order valence-corrected chi connectivity index (χ3v) is 2.79. The van der Waals surface area contributed by atoms with Crippen LogP contribution in [-0.4, -0.2) is 40.9 Å². The van der Waals surface area contributed by atoms with E-state index in [0.29, 0.717) is 12.3 Å². The SMILES string of the molecule is CCOC1CC(N)C1NC(=O)c1ccn[nH]1. The highest BCUT2D eigenvalue weighted by Crippen LogP contribution is 2.22. The van der Waals surface area contributed by atoms with Gasteiger partial charge in [-0.1, -0.05) is 0 Å². The van der Waals surface area contributed by atoms with Crippen LogP contribution in [0, 0.1) is 0 Å². The molecule has 88 valence electrons. The van der Waals surface area contributed by atoms with Gasteiger partial charge in [0.25, 0.3) is 5.91 Å². The summed E-state index contributed by atoms with van der Waals surface area (Å²) in [5, 5.41) is 9.17. The average molecular weight is 224 g/mol. The molecular weight excluding hydrogens is 208 g/mol. The zero-order chi connectivity index (χ0) is 11.5. The molecule has 16 heavy (non-hydrogen) atoms. The number of aromatic amines is 1. The molecule has 0 aliphatic heterocycles. The normalized spacial score (nSPS) is 28.5. The molecule has 0 spiro atoms. The zero-order valence-corrected chi connectivity index (χ0v) is 9.14. The van der Waals surface area contributed by atoms with Crippen molar-refractivity contribution in [1.82, 2.24) is 15.5 Å². The maximum absolute atomic E-state index is 11.7. The van der Waals surface area contributed by atoms with E-state index in [1.54, 1.807) is 6.07 Å². The van der Waals surface area contributed by atoms with Gasteiger partial charge >= 0.3 is 0 Å². The lowest BCUT2D eigenvalue weighted by molar-refractivity contribution is -0.0300. The Morgan fingerprint density at radius 1 is 1.81 bits per heavy atom. The molecule has 1 fully saturated rings. The predicted octanol–water partition coefficient (Wildman–Crippen LogP) is -0.356. The van der Waals surface area contributed by atoms with Crippen LogP contribution in [0.3, 0.4) is 0 Å². The summed E-state index contributed by atoms with van der Waals surface area (Å²) in [5.41, 5.74) is 6.26. The highest BCUT2D eigenvalue weighted by molar-refractivity contribution is 5.92. The number of hydrogen-bond acceptors (Lipinski definition) is 4. The zero-order valence-electron chi connectivity index (χ0n) is 9.14. The first-order valence-corrected chi connectivity index (χ1v) is 5.39. The number of nitrogens with one attached hydrogen (secondary N) is 2. The van der Waals surface area contributed by atoms with Gasteiger partial charge in [0, 0.05) is 18.8 Å². The van der Waals surface area contributed by atoms with E-state index in [2.05, 4.69) is 15.5 Å². The van der Waals surface area contributed by atoms with E-state index >= 15 is 0 Å². The van der Waals surface area contributed by atoms with Crippen molar-refractivity contribution >= 4 is 5.91 Å². The second kappa shape index (κ2) is 4.63. The van der Waals surface area contributed by atoms with Crippen LogP contribution < -0.4 is 11.1 Å². The minimum absolute atomic E-state index is 0.0246. The molecule has 1 aliphatic carbocycles. The third kappa shape index (κ3) is 2.07. The first-order valence-electron chi connectivity index (χ1n) is 5.39. The fourth-order valence-corrected chi connectivity index (χ4v) is 1.84. The monoisotopic (exact) mass is 224 g/mol. The molecule has 1 aliphatic rings. The number of carbonyl (C=O) groups excluding carboxylic acids is 1. The number of hydrogen-bond donors (Lipinski definition) is 3. The summed E-state index contributed by atoms with van der Waals surface area (Å²) in [7, 11) is 0. The van der Waals surface area contributed by atoms with Crippen LogP contribution in [0.1, 0.15) is 23.8 Å². The van der Waals surface area contributed by atoms with E-state index in [-0.39, 0.29) is 24.1 Å². The maximum Gasteiger partial charge on any atom is 0.269 e. The van der Waals surface area contributed by atoms with Crippen molar-refractivity contribution in [2.45, 2.75) is 31.5 Å². The molecule has 1 heterocycles. The van der Waals surface area contributed by atoms with Crippen LogP contribution in [0.2, 0.25) is 0 Å². The average Bonchev–Trinajstić information content (AvgIpc) is 2.79. The lowest BCUT2D eigenvalue weighted by Gasteiger charge is -2.42. The lowest BCUT2D eigenvalue weighted by atomic mass is 9.83. The largest absolute Gasteiger partial charge is 0.376 e. The molecular formula is C10H16N4O2. The number of amides is 1. The molecule has 2 rings (SSSR count). The smallest absolute Gasteiger partial charge is 0.269 e. The standard InChI is InChI=1S/C10H16N4O2/c1-2-16-8-5-6(11)9(8)13-10(15)7-3-4-12-14-7/h3-4,6,8-9H,2,5,11H2,1H3,(H,12,14)(H,13,15). The van der Waals surface area contributed by atoms with E-state index in [4.69, 9.17) is 10.5 Å². The Balaban J connectivity index is 1.91. The molecule has 1 amide bonds. The Kier molecular flexibility index (Phi) is 3.21. The Labute approximate surface area is 93.5 Å². The van der Waals surface area contributed by atoms with Crippen LogP contribution in [0.4, 0.5) is 0 Å². The quantitative estimate of drug-likeness (QED) is 0.651. The van der Waals surface area contributed by atoms with Gasteiger partial charge in [-0.3, -0.25) is 9.89 Å². The molecule has 0 radical (unpaired) electrons. The molecule has 1 aromatic rings. The molecule has 0 aromatic carbocycles. The predicted molar refractivity (Wildman–Crippen MR) is 57.8 cm³/mol. The van der Waals surface area contributed by atoms with Crippen molar-refractivity contribution in [2.75, 3.05) is 6.61 Å². The Morgan fingerprint density at radius 2 is 2.62 bits per heavy atom. The van der Waals surface area contributed by atoms with Gasteiger partial charge < -0.3 is 15.8 Å². The topological polar surface area (TPSA) is 93.0 Å². The number of nitrogens with two attached hydrogens (primary N) is 1. The maximum atomic E-state index is 11.7. The van der Waals surface area contributed by atoms with Gasteiger partial charge in [-0.25, -0.2) is 0 Å². The summed E-state index contributed by atoms with van der Waals surface area (Å²) < 4.78 is 5.46. The molecule has 4 N–H and O–H groups in total. The number of rotatable bonds is 4. The highest BCUT2D eigenvalue weighted by Gasteiger charge is 2.40. The van der Waals surface area contributed by atoms with Gasteiger partial charge in [-0.05, 0) is 19.4 Å². The second-order valence-corrected chi connectivity index (χ2v) is 3.86. The Morgan fingerprint density at radius 3 is 3.19 bits per heavy atom. The minimum Gasteiger partial charge on any atom is -0.376 e. The number of carbonyl (C=O) groups is 1. The van der Waals surface area contributed by atoms with Crippen molar-refractivity contribution in [3.63, 3.8) is 0 Å². The molecule has 6 heteroatoms. The van der Waals surface area contributed by atoms with Crippen molar-refractivity contribution in [3.05, 3.63) is 18.0 Å². The van der Waals surface area contributed by atoms with Crippen LogP contribution in [0.5, 0.6) is 0 Å². The van der Waals surface area contributed by atoms with E-state index in [9.17, 15) is 4.79 Å². The molecule has 1 aromatic heterocycles.